The van der Waals surface area contributed by atoms with Crippen LogP contribution in [0.15, 0.2) is 30.3 Å². The van der Waals surface area contributed by atoms with Gasteiger partial charge >= 0.3 is 0 Å². The second kappa shape index (κ2) is 10.7. The molecule has 1 aromatic rings. The SMILES string of the molecule is CO[C-]1[CH-][CH-][CH-][CH-][CH-]1.COc1ccccc1.[Cr]. The predicted octanol–water partition coefficient (Wildman–Crippen LogP) is 2.89. The van der Waals surface area contributed by atoms with Gasteiger partial charge in [-0.25, -0.2) is 0 Å². The Labute approximate surface area is 115 Å². The van der Waals surface area contributed by atoms with Crippen molar-refractivity contribution in [3.8, 4) is 5.75 Å². The van der Waals surface area contributed by atoms with Crippen molar-refractivity contribution in [2.45, 2.75) is 0 Å². The normalized spacial score (nSPS) is 15.2. The average Bonchev–Trinajstić information content (AvgIpc) is 2.41. The third kappa shape index (κ3) is 7.44. The van der Waals surface area contributed by atoms with E-state index in [0.29, 0.717) is 0 Å². The first-order valence-electron chi connectivity index (χ1n) is 5.05. The molecule has 0 heterocycles. The quantitative estimate of drug-likeness (QED) is 0.768. The fourth-order valence-electron chi connectivity index (χ4n) is 1.11. The molecule has 1 aromatic carbocycles. The Hall–Kier alpha value is -0.488. The summed E-state index contributed by atoms with van der Waals surface area (Å²) >= 11 is 0. The molecular formula is C14H16CrO2-6. The molecule has 17 heavy (non-hydrogen) atoms. The van der Waals surface area contributed by atoms with Crippen LogP contribution in [0.25, 0.3) is 0 Å². The number of hydrogen-bond donors (Lipinski definition) is 0. The van der Waals surface area contributed by atoms with Gasteiger partial charge in [0.15, 0.2) is 0 Å². The first kappa shape index (κ1) is 16.5. The summed E-state index contributed by atoms with van der Waals surface area (Å²) in [6.45, 7) is 0. The van der Waals surface area contributed by atoms with E-state index in [1.54, 1.807) is 14.2 Å². The molecule has 0 N–H and O–H groups in total. The maximum Gasteiger partial charge on any atom is 0.118 e. The van der Waals surface area contributed by atoms with Crippen LogP contribution in [0, 0.1) is 38.2 Å². The molecule has 0 radical (unpaired) electrons. The third-order valence-corrected chi connectivity index (χ3v) is 1.96. The van der Waals surface area contributed by atoms with Gasteiger partial charge in [-0.1, -0.05) is 18.2 Å². The molecule has 0 amide bonds. The van der Waals surface area contributed by atoms with Crippen molar-refractivity contribution in [1.29, 1.82) is 0 Å². The zero-order valence-corrected chi connectivity index (χ0v) is 11.3. The van der Waals surface area contributed by atoms with Gasteiger partial charge in [0.25, 0.3) is 0 Å². The van der Waals surface area contributed by atoms with Gasteiger partial charge in [0.2, 0.25) is 0 Å². The molecular weight excluding hydrogens is 252 g/mol. The molecule has 2 rings (SSSR count). The number of methoxy groups -OCH3 is 2. The topological polar surface area (TPSA) is 18.5 Å². The minimum absolute atomic E-state index is 0. The summed E-state index contributed by atoms with van der Waals surface area (Å²) in [5, 5.41) is 0. The second-order valence-corrected chi connectivity index (χ2v) is 3.03. The van der Waals surface area contributed by atoms with Crippen LogP contribution in [0.3, 0.4) is 0 Å². The maximum atomic E-state index is 4.91. The number of ether oxygens (including phenoxy) is 2. The molecule has 2 nitrogen and oxygen atoms in total. The Bertz CT molecular complexity index is 258. The zero-order chi connectivity index (χ0) is 11.6. The van der Waals surface area contributed by atoms with E-state index in [1.807, 2.05) is 62.4 Å². The summed E-state index contributed by atoms with van der Waals surface area (Å²) in [4.78, 5) is 0. The molecule has 0 aliphatic heterocycles. The van der Waals surface area contributed by atoms with Crippen LogP contribution < -0.4 is 4.74 Å². The van der Waals surface area contributed by atoms with E-state index < -0.39 is 0 Å². The number of para-hydroxylation sites is 1. The van der Waals surface area contributed by atoms with Gasteiger partial charge in [-0.05, 0) is 19.2 Å². The molecule has 0 spiro atoms. The van der Waals surface area contributed by atoms with E-state index in [-0.39, 0.29) is 17.4 Å². The zero-order valence-electron chi connectivity index (χ0n) is 10.00. The molecule has 0 bridgehead atoms. The molecule has 0 saturated heterocycles. The number of hydrogen-bond acceptors (Lipinski definition) is 2. The van der Waals surface area contributed by atoms with E-state index in [9.17, 15) is 0 Å². The largest absolute Gasteiger partial charge is 0.725 e. The summed E-state index contributed by atoms with van der Waals surface area (Å²) in [5.41, 5.74) is 0. The van der Waals surface area contributed by atoms with Crippen molar-refractivity contribution in [2.75, 3.05) is 14.2 Å². The minimum Gasteiger partial charge on any atom is -0.725 e. The van der Waals surface area contributed by atoms with Crippen LogP contribution in [0.5, 0.6) is 5.75 Å². The maximum absolute atomic E-state index is 4.91. The third-order valence-electron chi connectivity index (χ3n) is 1.96. The fraction of sp³-hybridized carbons (Fsp3) is 0.143. The van der Waals surface area contributed by atoms with Crippen molar-refractivity contribution < 1.29 is 26.8 Å². The Morgan fingerprint density at radius 3 is 1.88 bits per heavy atom. The van der Waals surface area contributed by atoms with Crippen LogP contribution in [-0.4, -0.2) is 14.2 Å². The van der Waals surface area contributed by atoms with E-state index >= 15 is 0 Å². The predicted molar refractivity (Wildman–Crippen MR) is 64.7 cm³/mol. The molecule has 3 heteroatoms. The molecule has 1 aliphatic carbocycles. The van der Waals surface area contributed by atoms with Crippen LogP contribution in [0.2, 0.25) is 0 Å². The molecule has 1 fully saturated rings. The molecule has 1 aliphatic rings. The first-order valence-corrected chi connectivity index (χ1v) is 5.05. The molecule has 96 valence electrons. The molecule has 0 aromatic heterocycles. The summed E-state index contributed by atoms with van der Waals surface area (Å²) in [6.07, 6.45) is 10.6. The van der Waals surface area contributed by atoms with E-state index in [0.717, 1.165) is 11.9 Å². The van der Waals surface area contributed by atoms with Gasteiger partial charge in [-0.2, -0.15) is 0 Å². The van der Waals surface area contributed by atoms with Gasteiger partial charge in [-0.3, -0.25) is 0 Å². The van der Waals surface area contributed by atoms with Crippen LogP contribution in [0.1, 0.15) is 0 Å². The van der Waals surface area contributed by atoms with Crippen LogP contribution >= 0.6 is 0 Å². The van der Waals surface area contributed by atoms with Crippen molar-refractivity contribution in [3.63, 3.8) is 0 Å². The Kier molecular flexibility index (Phi) is 10.3. The summed E-state index contributed by atoms with van der Waals surface area (Å²) in [6, 6.07) is 9.68. The summed E-state index contributed by atoms with van der Waals surface area (Å²) in [5.74, 6) is 0.910. The van der Waals surface area contributed by atoms with Gasteiger partial charge < -0.3 is 47.7 Å². The van der Waals surface area contributed by atoms with Gasteiger partial charge in [-0.15, -0.1) is 0 Å². The number of benzene rings is 1. The summed E-state index contributed by atoms with van der Waals surface area (Å²) < 4.78 is 9.83. The van der Waals surface area contributed by atoms with Crippen LogP contribution in [0.4, 0.5) is 0 Å². The minimum atomic E-state index is 0. The second-order valence-electron chi connectivity index (χ2n) is 3.03. The number of rotatable bonds is 2. The van der Waals surface area contributed by atoms with E-state index in [2.05, 4.69) is 0 Å². The smallest absolute Gasteiger partial charge is 0.118 e. The molecule has 0 atom stereocenters. The van der Waals surface area contributed by atoms with Crippen molar-refractivity contribution in [1.82, 2.24) is 0 Å². The van der Waals surface area contributed by atoms with Gasteiger partial charge in [0.1, 0.15) is 5.75 Å². The van der Waals surface area contributed by atoms with Gasteiger partial charge in [0.05, 0.1) is 7.11 Å². The summed E-state index contributed by atoms with van der Waals surface area (Å²) in [7, 11) is 3.32. The molecule has 1 saturated carbocycles. The molecule has 0 unspecified atom stereocenters. The Balaban J connectivity index is 0.000000284. The van der Waals surface area contributed by atoms with E-state index in [1.165, 1.54) is 0 Å². The van der Waals surface area contributed by atoms with Crippen molar-refractivity contribution in [3.05, 3.63) is 68.5 Å². The Morgan fingerprint density at radius 1 is 0.941 bits per heavy atom. The van der Waals surface area contributed by atoms with Crippen molar-refractivity contribution in [2.24, 2.45) is 0 Å². The Morgan fingerprint density at radius 2 is 1.53 bits per heavy atom. The van der Waals surface area contributed by atoms with E-state index in [4.69, 9.17) is 9.47 Å². The van der Waals surface area contributed by atoms with Crippen molar-refractivity contribution >= 4 is 0 Å². The monoisotopic (exact) mass is 268 g/mol. The van der Waals surface area contributed by atoms with Gasteiger partial charge in [0, 0.05) is 17.4 Å². The first-order chi connectivity index (χ1) is 7.86. The fourth-order valence-corrected chi connectivity index (χ4v) is 1.11. The standard InChI is InChI=1S/2C7H8O.Cr/c2*1-8-7-5-3-2-4-6-7;/h2*2-6H,1H3;/q;-6;. The van der Waals surface area contributed by atoms with Crippen LogP contribution in [-0.2, 0) is 22.1 Å². The average molecular weight is 268 g/mol.